The van der Waals surface area contributed by atoms with Crippen LogP contribution >= 0.6 is 0 Å². The van der Waals surface area contributed by atoms with Crippen molar-refractivity contribution in [2.24, 2.45) is 0 Å². The van der Waals surface area contributed by atoms with Gasteiger partial charge in [-0.15, -0.1) is 0 Å². The average molecular weight is 232 g/mol. The van der Waals surface area contributed by atoms with Crippen LogP contribution in [-0.4, -0.2) is 35.9 Å². The summed E-state index contributed by atoms with van der Waals surface area (Å²) in [6, 6.07) is 6.28. The Labute approximate surface area is 101 Å². The lowest BCUT2D eigenvalue weighted by Gasteiger charge is -2.28. The van der Waals surface area contributed by atoms with E-state index in [0.717, 1.165) is 25.3 Å². The Balaban J connectivity index is 2.15. The van der Waals surface area contributed by atoms with Gasteiger partial charge in [-0.25, -0.2) is 0 Å². The molecule has 0 amide bonds. The molecule has 4 nitrogen and oxygen atoms in total. The summed E-state index contributed by atoms with van der Waals surface area (Å²) in [4.78, 5) is 14.0. The second-order valence-corrected chi connectivity index (χ2v) is 4.14. The van der Waals surface area contributed by atoms with Gasteiger partial charge >= 0.3 is 0 Å². The van der Waals surface area contributed by atoms with Gasteiger partial charge in [0.2, 0.25) is 0 Å². The third-order valence-corrected chi connectivity index (χ3v) is 2.81. The first kappa shape index (κ1) is 11.5. The van der Waals surface area contributed by atoms with E-state index in [-0.39, 0.29) is 11.5 Å². The zero-order valence-electron chi connectivity index (χ0n) is 9.81. The highest BCUT2D eigenvalue weighted by Gasteiger charge is 2.12. The Morgan fingerprint density at radius 1 is 1.41 bits per heavy atom. The van der Waals surface area contributed by atoms with Crippen LogP contribution in [0.5, 0.6) is 5.75 Å². The number of hydrogen-bond donors (Lipinski definition) is 2. The van der Waals surface area contributed by atoms with Crippen molar-refractivity contribution < 1.29 is 9.90 Å². The monoisotopic (exact) mass is 232 g/mol. The van der Waals surface area contributed by atoms with Crippen LogP contribution in [0.1, 0.15) is 16.8 Å². The Morgan fingerprint density at radius 3 is 2.76 bits per heavy atom. The first-order valence-corrected chi connectivity index (χ1v) is 5.67. The van der Waals surface area contributed by atoms with Crippen molar-refractivity contribution in [3.63, 3.8) is 0 Å². The lowest BCUT2D eigenvalue weighted by molar-refractivity contribution is 0.104. The quantitative estimate of drug-likeness (QED) is 0.597. The molecular formula is C13H16N2O2. The van der Waals surface area contributed by atoms with Gasteiger partial charge in [0.05, 0.1) is 0 Å². The number of nitrogens with zero attached hydrogens (tertiary/aromatic N) is 1. The van der Waals surface area contributed by atoms with Crippen LogP contribution in [0.3, 0.4) is 0 Å². The van der Waals surface area contributed by atoms with Crippen molar-refractivity contribution >= 4 is 5.78 Å². The normalized spacial score (nSPS) is 17.9. The molecule has 90 valence electrons. The lowest BCUT2D eigenvalue weighted by atomic mass is 10.1. The molecule has 1 fully saturated rings. The van der Waals surface area contributed by atoms with Crippen LogP contribution in [0, 0.1) is 0 Å². The summed E-state index contributed by atoms with van der Waals surface area (Å²) in [5.41, 5.74) is 0.580. The summed E-state index contributed by atoms with van der Waals surface area (Å²) >= 11 is 0. The second-order valence-electron chi connectivity index (χ2n) is 4.14. The minimum atomic E-state index is -0.0544. The van der Waals surface area contributed by atoms with Crippen LogP contribution in [0.2, 0.25) is 0 Å². The Kier molecular flexibility index (Phi) is 3.32. The molecule has 4 heteroatoms. The second kappa shape index (κ2) is 4.91. The van der Waals surface area contributed by atoms with Crippen LogP contribution in [0.15, 0.2) is 36.2 Å². The molecule has 2 N–H and O–H groups in total. The number of nitrogens with one attached hydrogen (secondary N) is 1. The maximum Gasteiger partial charge on any atom is 0.189 e. The van der Waals surface area contributed by atoms with Gasteiger partial charge < -0.3 is 15.3 Å². The predicted octanol–water partition coefficient (Wildman–Crippen LogP) is 1.34. The summed E-state index contributed by atoms with van der Waals surface area (Å²) in [6.45, 7) is 1.86. The van der Waals surface area contributed by atoms with E-state index in [0.29, 0.717) is 5.56 Å². The molecule has 0 bridgehead atoms. The minimum absolute atomic E-state index is 0.0544. The van der Waals surface area contributed by atoms with E-state index in [1.54, 1.807) is 18.2 Å². The first-order chi connectivity index (χ1) is 8.16. The molecule has 0 saturated carbocycles. The van der Waals surface area contributed by atoms with E-state index in [2.05, 4.69) is 5.32 Å². The first-order valence-electron chi connectivity index (χ1n) is 5.67. The smallest absolute Gasteiger partial charge is 0.189 e. The molecule has 17 heavy (non-hydrogen) atoms. The van der Waals surface area contributed by atoms with Crippen molar-refractivity contribution in [1.29, 1.82) is 0 Å². The van der Waals surface area contributed by atoms with Gasteiger partial charge in [-0.1, -0.05) is 0 Å². The third kappa shape index (κ3) is 2.78. The van der Waals surface area contributed by atoms with E-state index in [1.807, 2.05) is 11.9 Å². The number of hydrogen-bond acceptors (Lipinski definition) is 4. The number of aromatic hydroxyl groups is 1. The van der Waals surface area contributed by atoms with Crippen molar-refractivity contribution in [3.8, 4) is 5.75 Å². The van der Waals surface area contributed by atoms with E-state index >= 15 is 0 Å². The zero-order chi connectivity index (χ0) is 12.3. The molecule has 0 aliphatic carbocycles. The summed E-state index contributed by atoms with van der Waals surface area (Å²) in [7, 11) is 1.96. The molecule has 1 aromatic rings. The van der Waals surface area contributed by atoms with Gasteiger partial charge in [-0.3, -0.25) is 4.79 Å². The van der Waals surface area contributed by atoms with Crippen LogP contribution in [-0.2, 0) is 0 Å². The molecule has 1 aliphatic heterocycles. The molecule has 0 aromatic heterocycles. The largest absolute Gasteiger partial charge is 0.508 e. The number of carbonyl (C=O) groups is 1. The molecule has 1 saturated heterocycles. The fourth-order valence-electron chi connectivity index (χ4n) is 1.78. The molecular weight excluding hydrogens is 216 g/mol. The van der Waals surface area contributed by atoms with Gasteiger partial charge in [0.15, 0.2) is 5.78 Å². The van der Waals surface area contributed by atoms with Gasteiger partial charge in [-0.05, 0) is 30.7 Å². The Morgan fingerprint density at radius 2 is 2.12 bits per heavy atom. The van der Waals surface area contributed by atoms with E-state index in [9.17, 15) is 4.79 Å². The third-order valence-electron chi connectivity index (χ3n) is 2.81. The Hall–Kier alpha value is -1.97. The minimum Gasteiger partial charge on any atom is -0.508 e. The van der Waals surface area contributed by atoms with E-state index in [1.165, 1.54) is 12.1 Å². The summed E-state index contributed by atoms with van der Waals surface area (Å²) < 4.78 is 0. The maximum atomic E-state index is 11.9. The van der Waals surface area contributed by atoms with Crippen LogP contribution in [0.4, 0.5) is 0 Å². The molecule has 1 heterocycles. The maximum absolute atomic E-state index is 11.9. The summed E-state index contributed by atoms with van der Waals surface area (Å²) in [5, 5.41) is 12.4. The molecule has 0 spiro atoms. The molecule has 2 rings (SSSR count). The fraction of sp³-hybridized carbons (Fsp3) is 0.308. The standard InChI is InChI=1S/C13H16N2O2/c1-15-8-2-7-14-13(15)9-12(17)10-3-5-11(16)6-4-10/h3-6,9,14,16H,2,7-8H2,1H3/b13-9+. The molecule has 1 aliphatic rings. The van der Waals surface area contributed by atoms with Crippen molar-refractivity contribution in [3.05, 3.63) is 41.7 Å². The van der Waals surface area contributed by atoms with Gasteiger partial charge in [0.25, 0.3) is 0 Å². The van der Waals surface area contributed by atoms with Crippen molar-refractivity contribution in [2.45, 2.75) is 6.42 Å². The van der Waals surface area contributed by atoms with Gasteiger partial charge in [-0.2, -0.15) is 0 Å². The summed E-state index contributed by atoms with van der Waals surface area (Å²) in [5.74, 6) is 0.970. The highest BCUT2D eigenvalue weighted by molar-refractivity contribution is 6.04. The fourth-order valence-corrected chi connectivity index (χ4v) is 1.78. The highest BCUT2D eigenvalue weighted by Crippen LogP contribution is 2.12. The SMILES string of the molecule is CN1CCCN/C1=C\C(=O)c1ccc(O)cc1. The number of phenols is 1. The van der Waals surface area contributed by atoms with Crippen LogP contribution in [0.25, 0.3) is 0 Å². The molecule has 1 aromatic carbocycles. The Bertz CT molecular complexity index is 437. The predicted molar refractivity (Wildman–Crippen MR) is 65.8 cm³/mol. The topological polar surface area (TPSA) is 52.6 Å². The lowest BCUT2D eigenvalue weighted by Crippen LogP contribution is -2.37. The van der Waals surface area contributed by atoms with Crippen molar-refractivity contribution in [2.75, 3.05) is 20.1 Å². The van der Waals surface area contributed by atoms with Gasteiger partial charge in [0.1, 0.15) is 11.6 Å². The number of rotatable bonds is 2. The highest BCUT2D eigenvalue weighted by atomic mass is 16.3. The summed E-state index contributed by atoms with van der Waals surface area (Å²) in [6.07, 6.45) is 2.69. The van der Waals surface area contributed by atoms with E-state index in [4.69, 9.17) is 5.11 Å². The number of phenolic OH excluding ortho intramolecular Hbond substituents is 1. The van der Waals surface area contributed by atoms with Crippen molar-refractivity contribution in [1.82, 2.24) is 10.2 Å². The number of benzene rings is 1. The zero-order valence-corrected chi connectivity index (χ0v) is 9.81. The number of allylic oxidation sites excluding steroid dienone is 1. The number of ketones is 1. The van der Waals surface area contributed by atoms with Crippen LogP contribution < -0.4 is 5.32 Å². The van der Waals surface area contributed by atoms with Gasteiger partial charge in [0, 0.05) is 31.8 Å². The van der Waals surface area contributed by atoms with E-state index < -0.39 is 0 Å². The average Bonchev–Trinajstić information content (AvgIpc) is 2.33. The number of carbonyl (C=O) groups excluding carboxylic acids is 1. The molecule has 0 unspecified atom stereocenters. The molecule has 0 atom stereocenters. The molecule has 0 radical (unpaired) electrons.